The molecule has 38 heavy (non-hydrogen) atoms. The van der Waals surface area contributed by atoms with Crippen molar-refractivity contribution in [3.8, 4) is 0 Å². The van der Waals surface area contributed by atoms with Crippen LogP contribution in [0.5, 0.6) is 0 Å². The van der Waals surface area contributed by atoms with Gasteiger partial charge in [0.2, 0.25) is 0 Å². The normalized spacial score (nSPS) is 16.3. The zero-order chi connectivity index (χ0) is 26.5. The van der Waals surface area contributed by atoms with E-state index in [9.17, 15) is 13.2 Å². The Labute approximate surface area is 228 Å². The van der Waals surface area contributed by atoms with Gasteiger partial charge >= 0.3 is 0 Å². The molecular weight excluding hydrogens is 518 g/mol. The van der Waals surface area contributed by atoms with Crippen LogP contribution in [0.1, 0.15) is 22.3 Å². The van der Waals surface area contributed by atoms with Crippen molar-refractivity contribution in [3.63, 3.8) is 0 Å². The summed E-state index contributed by atoms with van der Waals surface area (Å²) in [4.78, 5) is 17.3. The van der Waals surface area contributed by atoms with Gasteiger partial charge in [-0.3, -0.25) is 14.0 Å². The maximum atomic E-state index is 13.8. The van der Waals surface area contributed by atoms with Crippen LogP contribution in [-0.4, -0.2) is 58.6 Å². The standard InChI is InChI=1S/C29H31N3O4S2/c1-22-6-2-3-7-26(22)29(33)30-23-10-12-25(13-11-23)38(34,35)32-17-15-24(14-16-31-18-20-36-21-19-31)37-28-9-5-4-8-27(28)32/h2-13,15H,14,16-21H2,1H3,(H,30,33). The van der Waals surface area contributed by atoms with Crippen molar-refractivity contribution >= 4 is 39.1 Å². The Balaban J connectivity index is 1.34. The van der Waals surface area contributed by atoms with Crippen molar-refractivity contribution < 1.29 is 17.9 Å². The molecule has 0 atom stereocenters. The van der Waals surface area contributed by atoms with E-state index in [1.54, 1.807) is 42.1 Å². The van der Waals surface area contributed by atoms with Gasteiger partial charge in [-0.25, -0.2) is 8.42 Å². The fourth-order valence-corrected chi connectivity index (χ4v) is 7.10. The highest BCUT2D eigenvalue weighted by molar-refractivity contribution is 8.03. The highest BCUT2D eigenvalue weighted by atomic mass is 32.2. The van der Waals surface area contributed by atoms with Crippen LogP contribution < -0.4 is 9.62 Å². The molecular formula is C29H31N3O4S2. The monoisotopic (exact) mass is 549 g/mol. The van der Waals surface area contributed by atoms with Crippen LogP contribution in [0.25, 0.3) is 0 Å². The third-order valence-electron chi connectivity index (χ3n) is 6.73. The molecule has 0 aromatic heterocycles. The Bertz CT molecular complexity index is 1430. The van der Waals surface area contributed by atoms with E-state index < -0.39 is 10.0 Å². The number of ether oxygens (including phenoxy) is 1. The van der Waals surface area contributed by atoms with Crippen LogP contribution >= 0.6 is 11.8 Å². The maximum Gasteiger partial charge on any atom is 0.264 e. The number of hydrogen-bond donors (Lipinski definition) is 1. The van der Waals surface area contributed by atoms with Crippen molar-refractivity contribution in [1.29, 1.82) is 0 Å². The van der Waals surface area contributed by atoms with Crippen LogP contribution in [0.15, 0.2) is 93.6 Å². The molecule has 0 saturated carbocycles. The average Bonchev–Trinajstić information content (AvgIpc) is 3.13. The summed E-state index contributed by atoms with van der Waals surface area (Å²) in [5.41, 5.74) is 2.67. The minimum atomic E-state index is -3.83. The Morgan fingerprint density at radius 1 is 0.974 bits per heavy atom. The highest BCUT2D eigenvalue weighted by Gasteiger charge is 2.28. The predicted octanol–water partition coefficient (Wildman–Crippen LogP) is 5.15. The zero-order valence-corrected chi connectivity index (χ0v) is 22.9. The number of carbonyl (C=O) groups is 1. The number of fused-ring (bicyclic) bond motifs is 1. The number of carbonyl (C=O) groups excluding carboxylic acids is 1. The number of anilines is 2. The number of amides is 1. The van der Waals surface area contributed by atoms with Gasteiger partial charge in [0.1, 0.15) is 0 Å². The van der Waals surface area contributed by atoms with E-state index in [2.05, 4.69) is 10.2 Å². The Hall–Kier alpha value is -3.11. The second-order valence-corrected chi connectivity index (χ2v) is 12.3. The molecule has 7 nitrogen and oxygen atoms in total. The van der Waals surface area contributed by atoms with Crippen molar-refractivity contribution in [3.05, 3.63) is 94.9 Å². The van der Waals surface area contributed by atoms with Crippen molar-refractivity contribution in [1.82, 2.24) is 4.90 Å². The fraction of sp³-hybridized carbons (Fsp3) is 0.276. The predicted molar refractivity (Wildman–Crippen MR) is 152 cm³/mol. The number of sulfonamides is 1. The van der Waals surface area contributed by atoms with E-state index in [1.807, 2.05) is 55.5 Å². The lowest BCUT2D eigenvalue weighted by molar-refractivity contribution is 0.0386. The molecule has 1 fully saturated rings. The topological polar surface area (TPSA) is 79.0 Å². The number of hydrogen-bond acceptors (Lipinski definition) is 6. The first-order valence-electron chi connectivity index (χ1n) is 12.7. The Morgan fingerprint density at radius 3 is 2.45 bits per heavy atom. The van der Waals surface area contributed by atoms with Gasteiger partial charge in [-0.05, 0) is 66.3 Å². The molecule has 0 radical (unpaired) electrons. The van der Waals surface area contributed by atoms with Crippen LogP contribution in [0.4, 0.5) is 11.4 Å². The molecule has 0 aliphatic carbocycles. The van der Waals surface area contributed by atoms with Gasteiger partial charge in [0.25, 0.3) is 15.9 Å². The van der Waals surface area contributed by atoms with E-state index in [-0.39, 0.29) is 17.3 Å². The van der Waals surface area contributed by atoms with E-state index >= 15 is 0 Å². The third kappa shape index (κ3) is 5.96. The molecule has 3 aromatic carbocycles. The summed E-state index contributed by atoms with van der Waals surface area (Å²) in [5.74, 6) is -0.230. The number of nitrogens with zero attached hydrogens (tertiary/aromatic N) is 2. The summed E-state index contributed by atoms with van der Waals surface area (Å²) in [6.45, 7) is 6.44. The van der Waals surface area contributed by atoms with Gasteiger partial charge in [0, 0.05) is 35.8 Å². The fourth-order valence-electron chi connectivity index (χ4n) is 4.55. The van der Waals surface area contributed by atoms with Gasteiger partial charge in [-0.15, -0.1) is 0 Å². The lowest BCUT2D eigenvalue weighted by Crippen LogP contribution is -2.36. The highest BCUT2D eigenvalue weighted by Crippen LogP contribution is 2.40. The van der Waals surface area contributed by atoms with Crippen LogP contribution in [0.2, 0.25) is 0 Å². The van der Waals surface area contributed by atoms with Gasteiger partial charge < -0.3 is 10.1 Å². The molecule has 0 unspecified atom stereocenters. The molecule has 1 saturated heterocycles. The van der Waals surface area contributed by atoms with Crippen molar-refractivity contribution in [2.75, 3.05) is 49.0 Å². The number of rotatable bonds is 7. The third-order valence-corrected chi connectivity index (χ3v) is 9.72. The summed E-state index contributed by atoms with van der Waals surface area (Å²) in [6, 6.07) is 21.3. The zero-order valence-electron chi connectivity index (χ0n) is 21.3. The molecule has 0 bridgehead atoms. The summed E-state index contributed by atoms with van der Waals surface area (Å²) in [7, 11) is -3.83. The van der Waals surface area contributed by atoms with E-state index in [1.165, 1.54) is 4.31 Å². The van der Waals surface area contributed by atoms with E-state index in [0.29, 0.717) is 16.9 Å². The number of morpholine rings is 1. The first-order chi connectivity index (χ1) is 18.4. The molecule has 198 valence electrons. The molecule has 3 aromatic rings. The quantitative estimate of drug-likeness (QED) is 0.439. The van der Waals surface area contributed by atoms with Gasteiger partial charge in [0.15, 0.2) is 0 Å². The van der Waals surface area contributed by atoms with Crippen LogP contribution in [0.3, 0.4) is 0 Å². The number of nitrogens with one attached hydrogen (secondary N) is 1. The van der Waals surface area contributed by atoms with E-state index in [0.717, 1.165) is 54.6 Å². The lowest BCUT2D eigenvalue weighted by atomic mass is 10.1. The molecule has 0 spiro atoms. The first kappa shape index (κ1) is 26.5. The molecule has 2 aliphatic rings. The van der Waals surface area contributed by atoms with Crippen molar-refractivity contribution in [2.24, 2.45) is 0 Å². The summed E-state index contributed by atoms with van der Waals surface area (Å²) >= 11 is 1.64. The summed E-state index contributed by atoms with van der Waals surface area (Å²) in [6.07, 6.45) is 2.89. The van der Waals surface area contributed by atoms with Gasteiger partial charge in [-0.1, -0.05) is 48.2 Å². The van der Waals surface area contributed by atoms with Gasteiger partial charge in [0.05, 0.1) is 30.3 Å². The lowest BCUT2D eigenvalue weighted by Gasteiger charge is -2.26. The SMILES string of the molecule is Cc1ccccc1C(=O)Nc1ccc(S(=O)(=O)N2CC=C(CCN3CCOCC3)Sc3ccccc32)cc1. The minimum absolute atomic E-state index is 0.177. The smallest absolute Gasteiger partial charge is 0.264 e. The largest absolute Gasteiger partial charge is 0.379 e. The molecule has 5 rings (SSSR count). The first-order valence-corrected chi connectivity index (χ1v) is 14.9. The van der Waals surface area contributed by atoms with Gasteiger partial charge in [-0.2, -0.15) is 0 Å². The summed E-state index contributed by atoms with van der Waals surface area (Å²) in [5, 5.41) is 2.86. The summed E-state index contributed by atoms with van der Waals surface area (Å²) < 4.78 is 34.5. The second-order valence-electron chi connectivity index (χ2n) is 9.27. The second kappa shape index (κ2) is 11.7. The number of benzene rings is 3. The Morgan fingerprint density at radius 2 is 1.68 bits per heavy atom. The number of thioether (sulfide) groups is 1. The van der Waals surface area contributed by atoms with Crippen LogP contribution in [0, 0.1) is 6.92 Å². The van der Waals surface area contributed by atoms with E-state index in [4.69, 9.17) is 4.74 Å². The van der Waals surface area contributed by atoms with Crippen LogP contribution in [-0.2, 0) is 14.8 Å². The molecule has 9 heteroatoms. The maximum absolute atomic E-state index is 13.8. The molecule has 1 amide bonds. The molecule has 2 aliphatic heterocycles. The van der Waals surface area contributed by atoms with Crippen molar-refractivity contribution in [2.45, 2.75) is 23.1 Å². The average molecular weight is 550 g/mol. The minimum Gasteiger partial charge on any atom is -0.379 e. The molecule has 1 N–H and O–H groups in total. The number of para-hydroxylation sites is 1. The molecule has 2 heterocycles. The number of aryl methyl sites for hydroxylation is 1. The Kier molecular flexibility index (Phi) is 8.18.